The van der Waals surface area contributed by atoms with Crippen molar-refractivity contribution in [1.29, 1.82) is 5.26 Å². The topological polar surface area (TPSA) is 45.2 Å². The van der Waals surface area contributed by atoms with Crippen LogP contribution < -0.4 is 0 Å². The predicted octanol–water partition coefficient (Wildman–Crippen LogP) is 7.62. The Labute approximate surface area is 208 Å². The molecule has 4 aromatic rings. The largest absolute Gasteiger partial charge is 0.290 e. The molecule has 5 rings (SSSR count). The Bertz CT molecular complexity index is 1570. The molecule has 3 nitrogen and oxygen atoms in total. The first kappa shape index (κ1) is 21.8. The highest BCUT2D eigenvalue weighted by molar-refractivity contribution is 7.80. The monoisotopic (exact) mass is 472 g/mol. The number of fused-ring (bicyclic) bond motifs is 3. The van der Waals surface area contributed by atoms with Crippen LogP contribution in [0.2, 0.25) is 0 Å². The fourth-order valence-corrected chi connectivity index (χ4v) is 4.54. The molecule has 0 aromatic heterocycles. The quantitative estimate of drug-likeness (QED) is 0.136. The third-order valence-electron chi connectivity index (χ3n) is 5.93. The molecule has 0 unspecified atom stereocenters. The van der Waals surface area contributed by atoms with E-state index < -0.39 is 0 Å². The van der Waals surface area contributed by atoms with Gasteiger partial charge in [0.25, 0.3) is 5.70 Å². The number of rotatable bonds is 2. The summed E-state index contributed by atoms with van der Waals surface area (Å²) in [5.74, 6) is -0.306. The molecule has 0 aliphatic heterocycles. The lowest BCUT2D eigenvalue weighted by Gasteiger charge is -2.23. The van der Waals surface area contributed by atoms with Crippen molar-refractivity contribution in [3.8, 4) is 39.4 Å². The van der Waals surface area contributed by atoms with Gasteiger partial charge in [-0.05, 0) is 81.4 Å². The van der Waals surface area contributed by atoms with Crippen LogP contribution in [0.3, 0.4) is 0 Å². The summed E-state index contributed by atoms with van der Waals surface area (Å²) in [5.41, 5.74) is 6.60. The van der Waals surface area contributed by atoms with E-state index in [-0.39, 0.29) is 17.1 Å². The number of carbonyl (C=O) groups is 1. The van der Waals surface area contributed by atoms with Gasteiger partial charge in [-0.15, -0.1) is 25.3 Å². The third-order valence-corrected chi connectivity index (χ3v) is 6.52. The fraction of sp³-hybridized carbons (Fsp3) is 0. The molecule has 5 heteroatoms. The molecule has 0 amide bonds. The Balaban J connectivity index is 1.78. The van der Waals surface area contributed by atoms with Crippen LogP contribution in [0.4, 0.5) is 0 Å². The number of benzene rings is 4. The normalized spacial score (nSPS) is 13.4. The zero-order valence-electron chi connectivity index (χ0n) is 17.8. The van der Waals surface area contributed by atoms with Gasteiger partial charge in [0.2, 0.25) is 0 Å². The summed E-state index contributed by atoms with van der Waals surface area (Å²) in [7, 11) is 0. The van der Waals surface area contributed by atoms with Crippen LogP contribution in [0.1, 0.15) is 15.9 Å². The highest BCUT2D eigenvalue weighted by Crippen LogP contribution is 2.44. The average molecular weight is 473 g/mol. The minimum Gasteiger partial charge on any atom is -0.290 e. The number of allylic oxidation sites excluding steroid dienone is 2. The Morgan fingerprint density at radius 2 is 1.12 bits per heavy atom. The van der Waals surface area contributed by atoms with Gasteiger partial charge in [-0.1, -0.05) is 42.5 Å². The average Bonchev–Trinajstić information content (AvgIpc) is 2.87. The van der Waals surface area contributed by atoms with Gasteiger partial charge in [-0.2, -0.15) is 0 Å². The van der Waals surface area contributed by atoms with E-state index in [1.807, 2.05) is 84.9 Å². The second-order valence-corrected chi connectivity index (χ2v) is 8.92. The van der Waals surface area contributed by atoms with Crippen molar-refractivity contribution in [2.24, 2.45) is 0 Å². The van der Waals surface area contributed by atoms with Gasteiger partial charge < -0.3 is 0 Å². The first-order valence-electron chi connectivity index (χ1n) is 10.4. The van der Waals surface area contributed by atoms with E-state index in [2.05, 4.69) is 30.1 Å². The predicted molar refractivity (Wildman–Crippen MR) is 141 cm³/mol. The van der Waals surface area contributed by atoms with E-state index in [0.717, 1.165) is 43.2 Å². The van der Waals surface area contributed by atoms with Crippen molar-refractivity contribution < 1.29 is 4.79 Å². The summed E-state index contributed by atoms with van der Waals surface area (Å²) in [6.07, 6.45) is 0. The van der Waals surface area contributed by atoms with Crippen molar-refractivity contribution in [2.45, 2.75) is 9.79 Å². The number of hydrogen-bond acceptors (Lipinski definition) is 4. The molecule has 0 atom stereocenters. The van der Waals surface area contributed by atoms with Gasteiger partial charge in [0.05, 0.1) is 12.6 Å². The number of carbonyl (C=O) groups excluding carboxylic acids is 1. The molecule has 160 valence electrons. The van der Waals surface area contributed by atoms with Gasteiger partial charge in [0, 0.05) is 20.9 Å². The highest BCUT2D eigenvalue weighted by Gasteiger charge is 2.30. The molecular weight excluding hydrogens is 456 g/mol. The second-order valence-electron chi connectivity index (χ2n) is 7.89. The number of hydrogen-bond donors (Lipinski definition) is 2. The molecular formula is C29H16N2OS2. The SMILES string of the molecule is [C-]#[N+]/C(C#N)=C1\C(=O)c2ccc(-c3ccc(S)cc3)cc2-c2cc(-c3ccc(S)cc3)ccc21. The van der Waals surface area contributed by atoms with Crippen LogP contribution >= 0.6 is 25.3 Å². The zero-order chi connectivity index (χ0) is 23.8. The maximum absolute atomic E-state index is 13.5. The lowest BCUT2D eigenvalue weighted by atomic mass is 9.78. The number of Topliss-reactive ketones (excluding diaryl/α,β-unsaturated/α-hetero) is 1. The van der Waals surface area contributed by atoms with Gasteiger partial charge in [0.15, 0.2) is 5.78 Å². The molecule has 0 radical (unpaired) electrons. The van der Waals surface area contributed by atoms with Gasteiger partial charge in [-0.25, -0.2) is 10.1 Å². The molecule has 1 aliphatic rings. The minimum atomic E-state index is -0.306. The number of nitrogens with zero attached hydrogens (tertiary/aromatic N) is 2. The van der Waals surface area contributed by atoms with Crippen LogP contribution in [0.15, 0.2) is 100 Å². The van der Waals surface area contributed by atoms with Crippen LogP contribution in [-0.4, -0.2) is 5.78 Å². The van der Waals surface area contributed by atoms with Crippen molar-refractivity contribution in [3.05, 3.63) is 113 Å². The van der Waals surface area contributed by atoms with Crippen molar-refractivity contribution in [2.75, 3.05) is 0 Å². The standard InChI is InChI=1S/C29H16N2OS2/c1-31-27(16-30)28-23-12-6-19(17-2-8-21(33)9-3-17)14-25(23)26-15-20(7-13-24(26)29(28)32)18-4-10-22(34)11-5-18/h2-15,33-34H/b28-27-. The van der Waals surface area contributed by atoms with Crippen LogP contribution in [0, 0.1) is 17.9 Å². The first-order chi connectivity index (χ1) is 16.5. The summed E-state index contributed by atoms with van der Waals surface area (Å²) >= 11 is 8.74. The summed E-state index contributed by atoms with van der Waals surface area (Å²) in [5, 5.41) is 9.56. The third kappa shape index (κ3) is 3.72. The molecule has 0 fully saturated rings. The molecule has 0 saturated heterocycles. The van der Waals surface area contributed by atoms with Crippen molar-refractivity contribution in [1.82, 2.24) is 0 Å². The lowest BCUT2D eigenvalue weighted by Crippen LogP contribution is -2.13. The highest BCUT2D eigenvalue weighted by atomic mass is 32.1. The maximum Gasteiger partial charge on any atom is 0.273 e. The smallest absolute Gasteiger partial charge is 0.273 e. The molecule has 0 N–H and O–H groups in total. The second kappa shape index (κ2) is 8.72. The molecule has 0 saturated carbocycles. The van der Waals surface area contributed by atoms with E-state index in [1.165, 1.54) is 0 Å². The molecule has 0 bridgehead atoms. The Kier molecular flexibility index (Phi) is 5.59. The van der Waals surface area contributed by atoms with Crippen LogP contribution in [0.25, 0.3) is 43.8 Å². The Hall–Kier alpha value is -4.03. The van der Waals surface area contributed by atoms with Gasteiger partial charge >= 0.3 is 0 Å². The lowest BCUT2D eigenvalue weighted by molar-refractivity contribution is 0.105. The number of nitriles is 1. The van der Waals surface area contributed by atoms with E-state index >= 15 is 0 Å². The number of ketones is 1. The van der Waals surface area contributed by atoms with E-state index in [9.17, 15) is 10.1 Å². The van der Waals surface area contributed by atoms with Crippen LogP contribution in [0.5, 0.6) is 0 Å². The maximum atomic E-state index is 13.5. The molecule has 34 heavy (non-hydrogen) atoms. The summed E-state index contributed by atoms with van der Waals surface area (Å²) < 4.78 is 0. The molecule has 0 heterocycles. The Morgan fingerprint density at radius 3 is 1.59 bits per heavy atom. The summed E-state index contributed by atoms with van der Waals surface area (Å²) in [6, 6.07) is 29.0. The molecule has 4 aromatic carbocycles. The Morgan fingerprint density at radius 1 is 0.676 bits per heavy atom. The van der Waals surface area contributed by atoms with E-state index in [4.69, 9.17) is 6.57 Å². The number of thiol groups is 2. The zero-order valence-corrected chi connectivity index (χ0v) is 19.6. The molecule has 0 spiro atoms. The first-order valence-corrected chi connectivity index (χ1v) is 11.3. The van der Waals surface area contributed by atoms with Crippen molar-refractivity contribution >= 4 is 36.6 Å². The van der Waals surface area contributed by atoms with Gasteiger partial charge in [-0.3, -0.25) is 4.79 Å². The fourth-order valence-electron chi connectivity index (χ4n) is 4.25. The summed E-state index contributed by atoms with van der Waals surface area (Å²) in [6.45, 7) is 7.45. The minimum absolute atomic E-state index is 0.157. The summed E-state index contributed by atoms with van der Waals surface area (Å²) in [4.78, 5) is 18.5. The molecule has 1 aliphatic carbocycles. The van der Waals surface area contributed by atoms with E-state index in [1.54, 1.807) is 6.07 Å². The van der Waals surface area contributed by atoms with Crippen molar-refractivity contribution in [3.63, 3.8) is 0 Å². The van der Waals surface area contributed by atoms with Gasteiger partial charge in [0.1, 0.15) is 0 Å². The van der Waals surface area contributed by atoms with E-state index in [0.29, 0.717) is 11.1 Å². The van der Waals surface area contributed by atoms with Crippen LogP contribution in [-0.2, 0) is 0 Å².